The van der Waals surface area contributed by atoms with Gasteiger partial charge in [-0.2, -0.15) is 0 Å². The van der Waals surface area contributed by atoms with Gasteiger partial charge in [-0.3, -0.25) is 10.1 Å². The van der Waals surface area contributed by atoms with Crippen LogP contribution in [0.1, 0.15) is 30.6 Å². The second-order valence-electron chi connectivity index (χ2n) is 5.94. The Hall–Kier alpha value is -2.11. The molecule has 0 radical (unpaired) electrons. The lowest BCUT2D eigenvalue weighted by atomic mass is 10.1. The molecular weight excluding hydrogens is 356 g/mol. The fourth-order valence-corrected chi connectivity index (χ4v) is 2.39. The second kappa shape index (κ2) is 9.39. The van der Waals surface area contributed by atoms with Crippen LogP contribution in [0.5, 0.6) is 5.75 Å². The lowest BCUT2D eigenvalue weighted by Gasteiger charge is -2.13. The van der Waals surface area contributed by atoms with Crippen molar-refractivity contribution < 1.29 is 9.53 Å². The standard InChI is InChI=1S/C19H21ClN2O2S/c1-13(2)11-12-24-17-6-4-3-5-16(17)18(23)22-19(25)21-15-9-7-14(20)8-10-15/h3-10,13H,11-12H2,1-2H3,(H2,21,22,23,25). The summed E-state index contributed by atoms with van der Waals surface area (Å²) in [4.78, 5) is 12.5. The molecule has 25 heavy (non-hydrogen) atoms. The van der Waals surface area contributed by atoms with Crippen LogP contribution in [0, 0.1) is 5.92 Å². The molecule has 2 rings (SSSR count). The van der Waals surface area contributed by atoms with Crippen LogP contribution in [-0.4, -0.2) is 17.6 Å². The summed E-state index contributed by atoms with van der Waals surface area (Å²) in [6.45, 7) is 4.82. The number of benzene rings is 2. The Kier molecular flexibility index (Phi) is 7.22. The molecule has 1 amide bonds. The first kappa shape index (κ1) is 19.2. The molecule has 0 heterocycles. The minimum atomic E-state index is -0.313. The first-order chi connectivity index (χ1) is 12.0. The smallest absolute Gasteiger partial charge is 0.261 e. The third kappa shape index (κ3) is 6.36. The third-order valence-electron chi connectivity index (χ3n) is 3.41. The molecule has 0 bridgehead atoms. The van der Waals surface area contributed by atoms with Crippen LogP contribution in [0.25, 0.3) is 0 Å². The number of para-hydroxylation sites is 1. The maximum absolute atomic E-state index is 12.5. The number of nitrogens with one attached hydrogen (secondary N) is 2. The minimum Gasteiger partial charge on any atom is -0.493 e. The van der Waals surface area contributed by atoms with Gasteiger partial charge in [0.25, 0.3) is 5.91 Å². The van der Waals surface area contributed by atoms with Crippen molar-refractivity contribution in [3.8, 4) is 5.75 Å². The Morgan fingerprint density at radius 1 is 1.16 bits per heavy atom. The molecule has 4 nitrogen and oxygen atoms in total. The average molecular weight is 377 g/mol. The number of anilines is 1. The highest BCUT2D eigenvalue weighted by molar-refractivity contribution is 7.80. The van der Waals surface area contributed by atoms with Crippen molar-refractivity contribution in [3.63, 3.8) is 0 Å². The first-order valence-electron chi connectivity index (χ1n) is 8.05. The van der Waals surface area contributed by atoms with E-state index in [0.717, 1.165) is 12.1 Å². The van der Waals surface area contributed by atoms with E-state index in [-0.39, 0.29) is 11.0 Å². The summed E-state index contributed by atoms with van der Waals surface area (Å²) < 4.78 is 5.74. The maximum Gasteiger partial charge on any atom is 0.261 e. The van der Waals surface area contributed by atoms with Gasteiger partial charge in [-0.05, 0) is 61.0 Å². The van der Waals surface area contributed by atoms with Crippen molar-refractivity contribution in [3.05, 3.63) is 59.1 Å². The molecule has 0 fully saturated rings. The van der Waals surface area contributed by atoms with E-state index in [0.29, 0.717) is 28.9 Å². The molecule has 0 aliphatic rings. The molecule has 0 atom stereocenters. The molecule has 2 aromatic carbocycles. The van der Waals surface area contributed by atoms with E-state index in [1.165, 1.54) is 0 Å². The zero-order chi connectivity index (χ0) is 18.2. The van der Waals surface area contributed by atoms with Crippen molar-refractivity contribution in [1.82, 2.24) is 5.32 Å². The van der Waals surface area contributed by atoms with E-state index in [9.17, 15) is 4.79 Å². The molecule has 0 aliphatic carbocycles. The molecule has 0 saturated heterocycles. The highest BCUT2D eigenvalue weighted by atomic mass is 35.5. The number of carbonyl (C=O) groups is 1. The van der Waals surface area contributed by atoms with E-state index < -0.39 is 0 Å². The van der Waals surface area contributed by atoms with Gasteiger partial charge >= 0.3 is 0 Å². The van der Waals surface area contributed by atoms with Crippen LogP contribution >= 0.6 is 23.8 Å². The number of carbonyl (C=O) groups excluding carboxylic acids is 1. The predicted octanol–water partition coefficient (Wildman–Crippen LogP) is 4.89. The second-order valence-corrected chi connectivity index (χ2v) is 6.79. The van der Waals surface area contributed by atoms with Gasteiger partial charge in [-0.1, -0.05) is 37.6 Å². The number of amides is 1. The topological polar surface area (TPSA) is 50.4 Å². The molecule has 2 aromatic rings. The van der Waals surface area contributed by atoms with Gasteiger partial charge in [0, 0.05) is 10.7 Å². The Balaban J connectivity index is 1.97. The van der Waals surface area contributed by atoms with E-state index >= 15 is 0 Å². The van der Waals surface area contributed by atoms with E-state index in [2.05, 4.69) is 24.5 Å². The zero-order valence-corrected chi connectivity index (χ0v) is 15.8. The van der Waals surface area contributed by atoms with Gasteiger partial charge in [-0.15, -0.1) is 0 Å². The number of hydrogen-bond donors (Lipinski definition) is 2. The molecule has 0 aromatic heterocycles. The predicted molar refractivity (Wildman–Crippen MR) is 107 cm³/mol. The maximum atomic E-state index is 12.5. The molecular formula is C19H21ClN2O2S. The molecule has 0 aliphatic heterocycles. The summed E-state index contributed by atoms with van der Waals surface area (Å²) in [5.41, 5.74) is 1.20. The van der Waals surface area contributed by atoms with Crippen molar-refractivity contribution in [2.75, 3.05) is 11.9 Å². The van der Waals surface area contributed by atoms with Crippen molar-refractivity contribution in [1.29, 1.82) is 0 Å². The van der Waals surface area contributed by atoms with Gasteiger partial charge in [0.1, 0.15) is 5.75 Å². The summed E-state index contributed by atoms with van der Waals surface area (Å²) in [5.74, 6) is 0.777. The lowest BCUT2D eigenvalue weighted by molar-refractivity contribution is 0.0973. The van der Waals surface area contributed by atoms with Gasteiger partial charge in [0.2, 0.25) is 0 Å². The molecule has 0 saturated carbocycles. The van der Waals surface area contributed by atoms with Gasteiger partial charge in [0.05, 0.1) is 12.2 Å². The molecule has 6 heteroatoms. The van der Waals surface area contributed by atoms with Crippen LogP contribution in [0.3, 0.4) is 0 Å². The number of rotatable bonds is 6. The number of thiocarbonyl (C=S) groups is 1. The quantitative estimate of drug-likeness (QED) is 0.704. The summed E-state index contributed by atoms with van der Waals surface area (Å²) >= 11 is 11.0. The van der Waals surface area contributed by atoms with Crippen LogP contribution in [-0.2, 0) is 0 Å². The molecule has 0 unspecified atom stereocenters. The van der Waals surface area contributed by atoms with Crippen LogP contribution < -0.4 is 15.4 Å². The Labute approximate surface area is 158 Å². The molecule has 132 valence electrons. The van der Waals surface area contributed by atoms with E-state index in [4.69, 9.17) is 28.6 Å². The van der Waals surface area contributed by atoms with Crippen LogP contribution in [0.15, 0.2) is 48.5 Å². The fourth-order valence-electron chi connectivity index (χ4n) is 2.05. The lowest BCUT2D eigenvalue weighted by Crippen LogP contribution is -2.34. The largest absolute Gasteiger partial charge is 0.493 e. The van der Waals surface area contributed by atoms with Crippen LogP contribution in [0.2, 0.25) is 5.02 Å². The first-order valence-corrected chi connectivity index (χ1v) is 8.84. The van der Waals surface area contributed by atoms with Gasteiger partial charge in [-0.25, -0.2) is 0 Å². The van der Waals surface area contributed by atoms with E-state index in [1.54, 1.807) is 42.5 Å². The normalized spacial score (nSPS) is 10.4. The minimum absolute atomic E-state index is 0.212. The SMILES string of the molecule is CC(C)CCOc1ccccc1C(=O)NC(=S)Nc1ccc(Cl)cc1. The van der Waals surface area contributed by atoms with Crippen molar-refractivity contribution in [2.24, 2.45) is 5.92 Å². The molecule has 2 N–H and O–H groups in total. The average Bonchev–Trinajstić information content (AvgIpc) is 2.57. The summed E-state index contributed by atoms with van der Waals surface area (Å²) in [6, 6.07) is 14.2. The third-order valence-corrected chi connectivity index (χ3v) is 3.87. The highest BCUT2D eigenvalue weighted by Gasteiger charge is 2.13. The fraction of sp³-hybridized carbons (Fsp3) is 0.263. The number of hydrogen-bond acceptors (Lipinski definition) is 3. The van der Waals surface area contributed by atoms with Crippen molar-refractivity contribution in [2.45, 2.75) is 20.3 Å². The summed E-state index contributed by atoms with van der Waals surface area (Å²) in [7, 11) is 0. The number of ether oxygens (including phenoxy) is 1. The Morgan fingerprint density at radius 2 is 1.84 bits per heavy atom. The van der Waals surface area contributed by atoms with Gasteiger partial charge in [0.15, 0.2) is 5.11 Å². The van der Waals surface area contributed by atoms with Crippen LogP contribution in [0.4, 0.5) is 5.69 Å². The highest BCUT2D eigenvalue weighted by Crippen LogP contribution is 2.19. The van der Waals surface area contributed by atoms with Gasteiger partial charge < -0.3 is 10.1 Å². The molecule has 0 spiro atoms. The monoisotopic (exact) mass is 376 g/mol. The summed E-state index contributed by atoms with van der Waals surface area (Å²) in [6.07, 6.45) is 0.923. The Morgan fingerprint density at radius 3 is 2.52 bits per heavy atom. The Bertz CT molecular complexity index is 732. The van der Waals surface area contributed by atoms with E-state index in [1.807, 2.05) is 6.07 Å². The summed E-state index contributed by atoms with van der Waals surface area (Å²) in [5, 5.41) is 6.46. The van der Waals surface area contributed by atoms with Crippen molar-refractivity contribution >= 4 is 40.5 Å². The number of halogens is 1. The zero-order valence-electron chi connectivity index (χ0n) is 14.2.